The van der Waals surface area contributed by atoms with Gasteiger partial charge in [-0.2, -0.15) is 0 Å². The second-order valence-electron chi connectivity index (χ2n) is 4.40. The van der Waals surface area contributed by atoms with Crippen LogP contribution in [-0.2, 0) is 4.74 Å². The molecular formula is C14H32N2O. The summed E-state index contributed by atoms with van der Waals surface area (Å²) in [4.78, 5) is 2.49. The third-order valence-corrected chi connectivity index (χ3v) is 3.03. The quantitative estimate of drug-likeness (QED) is 0.504. The first kappa shape index (κ1) is 16.9. The molecule has 17 heavy (non-hydrogen) atoms. The minimum absolute atomic E-state index is 0.835. The fourth-order valence-electron chi connectivity index (χ4n) is 1.88. The molecule has 1 N–H and O–H groups in total. The van der Waals surface area contributed by atoms with E-state index in [1.807, 2.05) is 0 Å². The Hall–Kier alpha value is -0.120. The minimum atomic E-state index is 0.835. The summed E-state index contributed by atoms with van der Waals surface area (Å²) >= 11 is 0. The van der Waals surface area contributed by atoms with Crippen molar-refractivity contribution >= 4 is 0 Å². The van der Waals surface area contributed by atoms with E-state index in [1.54, 1.807) is 0 Å². The molecule has 0 aromatic carbocycles. The van der Waals surface area contributed by atoms with E-state index in [0.717, 1.165) is 32.8 Å². The largest absolute Gasteiger partial charge is 0.380 e. The smallest absolute Gasteiger partial charge is 0.0593 e. The first-order chi connectivity index (χ1) is 8.35. The highest BCUT2D eigenvalue weighted by atomic mass is 16.5. The lowest BCUT2D eigenvalue weighted by Gasteiger charge is -2.19. The van der Waals surface area contributed by atoms with E-state index < -0.39 is 0 Å². The standard InChI is InChI=1S/C14H32N2O/c1-4-15-11-9-7-8-10-12-16(5-2)13-14-17-6-3/h15H,4-14H2,1-3H3. The molecule has 0 bridgehead atoms. The lowest BCUT2D eigenvalue weighted by Crippen LogP contribution is -2.28. The molecular weight excluding hydrogens is 212 g/mol. The lowest BCUT2D eigenvalue weighted by atomic mass is 10.2. The molecule has 0 aliphatic rings. The van der Waals surface area contributed by atoms with Crippen LogP contribution in [0.15, 0.2) is 0 Å². The van der Waals surface area contributed by atoms with E-state index in [1.165, 1.54) is 38.8 Å². The average molecular weight is 244 g/mol. The highest BCUT2D eigenvalue weighted by molar-refractivity contribution is 4.56. The molecule has 0 aromatic heterocycles. The number of unbranched alkanes of at least 4 members (excludes halogenated alkanes) is 3. The first-order valence-corrected chi connectivity index (χ1v) is 7.35. The number of nitrogens with zero attached hydrogens (tertiary/aromatic N) is 1. The van der Waals surface area contributed by atoms with Crippen LogP contribution in [-0.4, -0.2) is 50.8 Å². The van der Waals surface area contributed by atoms with Crippen molar-refractivity contribution in [3.05, 3.63) is 0 Å². The van der Waals surface area contributed by atoms with Crippen molar-refractivity contribution in [2.75, 3.05) is 45.9 Å². The highest BCUT2D eigenvalue weighted by Crippen LogP contribution is 2.01. The molecule has 0 heterocycles. The number of likely N-dealkylation sites (N-methyl/N-ethyl adjacent to an activating group) is 1. The number of hydrogen-bond donors (Lipinski definition) is 1. The molecule has 0 spiro atoms. The zero-order valence-electron chi connectivity index (χ0n) is 12.1. The molecule has 3 nitrogen and oxygen atoms in total. The van der Waals surface area contributed by atoms with Crippen LogP contribution in [0.3, 0.4) is 0 Å². The van der Waals surface area contributed by atoms with Gasteiger partial charge >= 0.3 is 0 Å². The SMILES string of the molecule is CCNCCCCCCN(CC)CCOCC. The van der Waals surface area contributed by atoms with E-state index in [0.29, 0.717) is 0 Å². The van der Waals surface area contributed by atoms with Gasteiger partial charge in [0, 0.05) is 13.2 Å². The summed E-state index contributed by atoms with van der Waals surface area (Å²) in [5.74, 6) is 0. The molecule has 0 atom stereocenters. The van der Waals surface area contributed by atoms with Crippen LogP contribution in [0, 0.1) is 0 Å². The van der Waals surface area contributed by atoms with Crippen LogP contribution in [0.1, 0.15) is 46.5 Å². The van der Waals surface area contributed by atoms with Gasteiger partial charge in [0.25, 0.3) is 0 Å². The fourth-order valence-corrected chi connectivity index (χ4v) is 1.88. The highest BCUT2D eigenvalue weighted by Gasteiger charge is 2.01. The van der Waals surface area contributed by atoms with E-state index in [4.69, 9.17) is 4.74 Å². The monoisotopic (exact) mass is 244 g/mol. The van der Waals surface area contributed by atoms with Crippen LogP contribution >= 0.6 is 0 Å². The summed E-state index contributed by atoms with van der Waals surface area (Å²) in [5, 5.41) is 3.37. The van der Waals surface area contributed by atoms with Gasteiger partial charge in [-0.1, -0.05) is 26.7 Å². The third-order valence-electron chi connectivity index (χ3n) is 3.03. The number of ether oxygens (including phenoxy) is 1. The van der Waals surface area contributed by atoms with E-state index >= 15 is 0 Å². The Labute approximate surface area is 108 Å². The molecule has 0 aliphatic carbocycles. The fraction of sp³-hybridized carbons (Fsp3) is 1.00. The Morgan fingerprint density at radius 2 is 1.71 bits per heavy atom. The van der Waals surface area contributed by atoms with Crippen molar-refractivity contribution < 1.29 is 4.74 Å². The van der Waals surface area contributed by atoms with Gasteiger partial charge in [0.05, 0.1) is 6.61 Å². The summed E-state index contributed by atoms with van der Waals surface area (Å²) in [5.41, 5.74) is 0. The molecule has 0 saturated heterocycles. The van der Waals surface area contributed by atoms with Crippen molar-refractivity contribution in [1.29, 1.82) is 0 Å². The summed E-state index contributed by atoms with van der Waals surface area (Å²) in [6.07, 6.45) is 5.36. The maximum absolute atomic E-state index is 5.39. The molecule has 0 saturated carbocycles. The van der Waals surface area contributed by atoms with Crippen molar-refractivity contribution in [3.8, 4) is 0 Å². The number of hydrogen-bond acceptors (Lipinski definition) is 3. The summed E-state index contributed by atoms with van der Waals surface area (Å²) < 4.78 is 5.39. The zero-order valence-corrected chi connectivity index (χ0v) is 12.1. The van der Waals surface area contributed by atoms with Gasteiger partial charge in [-0.3, -0.25) is 0 Å². The summed E-state index contributed by atoms with van der Waals surface area (Å²) in [6, 6.07) is 0. The molecule has 0 amide bonds. The summed E-state index contributed by atoms with van der Waals surface area (Å²) in [7, 11) is 0. The van der Waals surface area contributed by atoms with E-state index in [9.17, 15) is 0 Å². The molecule has 0 aromatic rings. The average Bonchev–Trinajstić information content (AvgIpc) is 2.35. The number of rotatable bonds is 13. The van der Waals surface area contributed by atoms with Gasteiger partial charge in [0.15, 0.2) is 0 Å². The van der Waals surface area contributed by atoms with Gasteiger partial charge in [-0.15, -0.1) is 0 Å². The zero-order chi connectivity index (χ0) is 12.8. The molecule has 0 fully saturated rings. The van der Waals surface area contributed by atoms with Crippen molar-refractivity contribution in [2.45, 2.75) is 46.5 Å². The first-order valence-electron chi connectivity index (χ1n) is 7.35. The topological polar surface area (TPSA) is 24.5 Å². The van der Waals surface area contributed by atoms with Crippen molar-refractivity contribution in [3.63, 3.8) is 0 Å². The second-order valence-corrected chi connectivity index (χ2v) is 4.40. The van der Waals surface area contributed by atoms with Crippen LogP contribution in [0.5, 0.6) is 0 Å². The Bertz CT molecular complexity index is 142. The van der Waals surface area contributed by atoms with Crippen molar-refractivity contribution in [2.24, 2.45) is 0 Å². The lowest BCUT2D eigenvalue weighted by molar-refractivity contribution is 0.114. The van der Waals surface area contributed by atoms with Crippen LogP contribution < -0.4 is 5.32 Å². The van der Waals surface area contributed by atoms with Gasteiger partial charge < -0.3 is 15.0 Å². The van der Waals surface area contributed by atoms with Gasteiger partial charge in [-0.25, -0.2) is 0 Å². The Morgan fingerprint density at radius 3 is 2.35 bits per heavy atom. The van der Waals surface area contributed by atoms with Gasteiger partial charge in [0.2, 0.25) is 0 Å². The molecule has 104 valence electrons. The molecule has 0 aliphatic heterocycles. The second kappa shape index (κ2) is 13.9. The summed E-state index contributed by atoms with van der Waals surface area (Å²) in [6.45, 7) is 13.9. The maximum atomic E-state index is 5.39. The predicted octanol–water partition coefficient (Wildman–Crippen LogP) is 2.51. The normalized spacial score (nSPS) is 11.3. The molecule has 0 rings (SSSR count). The molecule has 0 radical (unpaired) electrons. The van der Waals surface area contributed by atoms with Crippen LogP contribution in [0.2, 0.25) is 0 Å². The minimum Gasteiger partial charge on any atom is -0.380 e. The van der Waals surface area contributed by atoms with Crippen molar-refractivity contribution in [1.82, 2.24) is 10.2 Å². The Morgan fingerprint density at radius 1 is 0.941 bits per heavy atom. The van der Waals surface area contributed by atoms with E-state index in [-0.39, 0.29) is 0 Å². The van der Waals surface area contributed by atoms with Crippen LogP contribution in [0.4, 0.5) is 0 Å². The van der Waals surface area contributed by atoms with Gasteiger partial charge in [0.1, 0.15) is 0 Å². The molecule has 3 heteroatoms. The third kappa shape index (κ3) is 12.1. The Kier molecular flexibility index (Phi) is 13.8. The maximum Gasteiger partial charge on any atom is 0.0593 e. The predicted molar refractivity (Wildman–Crippen MR) is 75.6 cm³/mol. The van der Waals surface area contributed by atoms with Crippen LogP contribution in [0.25, 0.3) is 0 Å². The molecule has 0 unspecified atom stereocenters. The Balaban J connectivity index is 3.25. The van der Waals surface area contributed by atoms with E-state index in [2.05, 4.69) is 31.0 Å². The number of nitrogens with one attached hydrogen (secondary N) is 1. The van der Waals surface area contributed by atoms with Gasteiger partial charge in [-0.05, 0) is 45.9 Å².